The van der Waals surface area contributed by atoms with Crippen LogP contribution in [0.3, 0.4) is 0 Å². The van der Waals surface area contributed by atoms with Crippen molar-refractivity contribution < 1.29 is 22.7 Å². The first kappa shape index (κ1) is 16.2. The number of rotatable bonds is 5. The van der Waals surface area contributed by atoms with Crippen molar-refractivity contribution >= 4 is 47.9 Å². The number of benzene rings is 1. The van der Waals surface area contributed by atoms with Gasteiger partial charge in [0.25, 0.3) is 0 Å². The molecule has 1 heterocycles. The van der Waals surface area contributed by atoms with Crippen LogP contribution in [0.15, 0.2) is 48.8 Å². The first-order valence-electron chi connectivity index (χ1n) is 5.56. The van der Waals surface area contributed by atoms with Gasteiger partial charge in [-0.1, -0.05) is 28.1 Å². The number of aromatic carboxylic acids is 1. The second kappa shape index (κ2) is 6.30. The van der Waals surface area contributed by atoms with Gasteiger partial charge in [0.2, 0.25) is 15.8 Å². The second-order valence-corrected chi connectivity index (χ2v) is 7.38. The lowest BCUT2D eigenvalue weighted by molar-refractivity contribution is 0.0661. The molecule has 21 heavy (non-hydrogen) atoms. The molecule has 0 aliphatic rings. The summed E-state index contributed by atoms with van der Waals surface area (Å²) in [5.41, 5.74) is 0.756. The molecule has 0 radical (unpaired) electrons. The van der Waals surface area contributed by atoms with E-state index in [1.165, 1.54) is 0 Å². The van der Waals surface area contributed by atoms with Gasteiger partial charge in [-0.05, 0) is 33.6 Å². The van der Waals surface area contributed by atoms with Crippen LogP contribution in [-0.2, 0) is 16.6 Å². The van der Waals surface area contributed by atoms with Crippen molar-refractivity contribution in [3.8, 4) is 0 Å². The maximum atomic E-state index is 12.1. The number of carboxylic acids is 1. The minimum Gasteiger partial charge on any atom is -0.475 e. The van der Waals surface area contributed by atoms with Crippen LogP contribution in [0.2, 0.25) is 0 Å². The molecular weight excluding hydrogens is 430 g/mol. The van der Waals surface area contributed by atoms with Crippen LogP contribution in [-0.4, -0.2) is 19.5 Å². The van der Waals surface area contributed by atoms with Crippen LogP contribution in [0, 0.1) is 0 Å². The molecule has 0 unspecified atom stereocenters. The molecule has 112 valence electrons. The lowest BCUT2D eigenvalue weighted by Gasteiger charge is -2.05. The van der Waals surface area contributed by atoms with Crippen molar-refractivity contribution in [3.05, 3.63) is 50.8 Å². The summed E-state index contributed by atoms with van der Waals surface area (Å²) in [6, 6.07) is 8.10. The van der Waals surface area contributed by atoms with Crippen LogP contribution < -0.4 is 4.72 Å². The first-order chi connectivity index (χ1) is 9.79. The summed E-state index contributed by atoms with van der Waals surface area (Å²) < 4.78 is 32.2. The van der Waals surface area contributed by atoms with Crippen LogP contribution >= 0.6 is 31.9 Å². The molecule has 2 N–H and O–H groups in total. The number of sulfonamides is 1. The van der Waals surface area contributed by atoms with Gasteiger partial charge in [0.1, 0.15) is 4.90 Å². The van der Waals surface area contributed by atoms with E-state index in [0.29, 0.717) is 0 Å². The SMILES string of the molecule is O=C(O)c1cc(S(=O)(=O)NCc2cccc(Br)c2)c(Br)o1. The average Bonchev–Trinajstić information content (AvgIpc) is 2.80. The maximum absolute atomic E-state index is 12.1. The number of carbonyl (C=O) groups is 1. The minimum atomic E-state index is -3.88. The Hall–Kier alpha value is -1.16. The van der Waals surface area contributed by atoms with Crippen LogP contribution in [0.5, 0.6) is 0 Å². The van der Waals surface area contributed by atoms with Gasteiger partial charge in [-0.25, -0.2) is 17.9 Å². The molecule has 2 aromatic rings. The first-order valence-corrected chi connectivity index (χ1v) is 8.63. The molecule has 0 fully saturated rings. The third kappa shape index (κ3) is 3.94. The van der Waals surface area contributed by atoms with Gasteiger partial charge in [-0.3, -0.25) is 0 Å². The van der Waals surface area contributed by atoms with E-state index in [-0.39, 0.29) is 16.1 Å². The fraction of sp³-hybridized carbons (Fsp3) is 0.0833. The standard InChI is InChI=1S/C12H9Br2NO5S/c13-8-3-1-2-7(4-8)6-15-21(18,19)10-5-9(12(16)17)20-11(10)14/h1-5,15H,6H2,(H,16,17). The van der Waals surface area contributed by atoms with E-state index in [2.05, 4.69) is 36.6 Å². The van der Waals surface area contributed by atoms with Crippen LogP contribution in [0.4, 0.5) is 0 Å². The zero-order valence-electron chi connectivity index (χ0n) is 10.3. The summed E-state index contributed by atoms with van der Waals surface area (Å²) in [5.74, 6) is -1.80. The second-order valence-electron chi connectivity index (χ2n) is 4.01. The normalized spacial score (nSPS) is 11.5. The maximum Gasteiger partial charge on any atom is 0.371 e. The van der Waals surface area contributed by atoms with E-state index >= 15 is 0 Å². The number of hydrogen-bond donors (Lipinski definition) is 2. The predicted molar refractivity (Wildman–Crippen MR) is 81.5 cm³/mol. The van der Waals surface area contributed by atoms with Gasteiger partial charge in [0, 0.05) is 17.1 Å². The Bertz CT molecular complexity index is 785. The summed E-state index contributed by atoms with van der Waals surface area (Å²) >= 11 is 6.20. The lowest BCUT2D eigenvalue weighted by atomic mass is 10.2. The molecule has 0 saturated heterocycles. The molecule has 0 aliphatic carbocycles. The van der Waals surface area contributed by atoms with Gasteiger partial charge in [-0.15, -0.1) is 0 Å². The van der Waals surface area contributed by atoms with Crippen molar-refractivity contribution in [2.75, 3.05) is 0 Å². The van der Waals surface area contributed by atoms with Crippen molar-refractivity contribution in [2.24, 2.45) is 0 Å². The Labute approximate surface area is 137 Å². The Morgan fingerprint density at radius 1 is 1.29 bits per heavy atom. The summed E-state index contributed by atoms with van der Waals surface area (Å²) in [6.07, 6.45) is 0. The molecule has 0 atom stereocenters. The Morgan fingerprint density at radius 3 is 2.57 bits per heavy atom. The Balaban J connectivity index is 2.21. The topological polar surface area (TPSA) is 96.6 Å². The molecule has 1 aromatic heterocycles. The van der Waals surface area contributed by atoms with Gasteiger partial charge in [0.05, 0.1) is 0 Å². The van der Waals surface area contributed by atoms with Gasteiger partial charge in [0.15, 0.2) is 4.67 Å². The van der Waals surface area contributed by atoms with Crippen LogP contribution in [0.25, 0.3) is 0 Å². The molecule has 0 spiro atoms. The molecule has 1 aromatic carbocycles. The zero-order chi connectivity index (χ0) is 15.6. The highest BCUT2D eigenvalue weighted by molar-refractivity contribution is 9.10. The van der Waals surface area contributed by atoms with Crippen LogP contribution in [0.1, 0.15) is 16.1 Å². The molecule has 0 saturated carbocycles. The summed E-state index contributed by atoms with van der Waals surface area (Å²) in [6.45, 7) is 0.0712. The number of carboxylic acid groups (broad SMARTS) is 1. The molecule has 9 heteroatoms. The molecule has 2 rings (SSSR count). The fourth-order valence-corrected chi connectivity index (χ4v) is 3.95. The molecular formula is C12H9Br2NO5S. The van der Waals surface area contributed by atoms with Crippen molar-refractivity contribution in [2.45, 2.75) is 11.4 Å². The third-order valence-corrected chi connectivity index (χ3v) is 5.26. The van der Waals surface area contributed by atoms with Gasteiger partial charge < -0.3 is 9.52 Å². The lowest BCUT2D eigenvalue weighted by Crippen LogP contribution is -2.23. The van der Waals surface area contributed by atoms with Crippen molar-refractivity contribution in [3.63, 3.8) is 0 Å². The summed E-state index contributed by atoms with van der Waals surface area (Å²) in [4.78, 5) is 10.5. The van der Waals surface area contributed by atoms with E-state index in [1.54, 1.807) is 18.2 Å². The van der Waals surface area contributed by atoms with Crippen molar-refractivity contribution in [1.29, 1.82) is 0 Å². The van der Waals surface area contributed by atoms with E-state index in [1.807, 2.05) is 6.07 Å². The number of hydrogen-bond acceptors (Lipinski definition) is 4. The molecule has 0 amide bonds. The van der Waals surface area contributed by atoms with E-state index < -0.39 is 21.8 Å². The highest BCUT2D eigenvalue weighted by Gasteiger charge is 2.24. The fourth-order valence-electron chi connectivity index (χ4n) is 1.54. The highest BCUT2D eigenvalue weighted by atomic mass is 79.9. The number of halogens is 2. The van der Waals surface area contributed by atoms with Gasteiger partial charge in [-0.2, -0.15) is 0 Å². The van der Waals surface area contributed by atoms with E-state index in [4.69, 9.17) is 9.52 Å². The van der Waals surface area contributed by atoms with Gasteiger partial charge >= 0.3 is 5.97 Å². The summed E-state index contributed by atoms with van der Waals surface area (Å²) in [7, 11) is -3.88. The Morgan fingerprint density at radius 2 is 2.00 bits per heavy atom. The number of furan rings is 1. The average molecular weight is 439 g/mol. The monoisotopic (exact) mass is 437 g/mol. The van der Waals surface area contributed by atoms with E-state index in [9.17, 15) is 13.2 Å². The molecule has 6 nitrogen and oxygen atoms in total. The minimum absolute atomic E-state index is 0.0712. The summed E-state index contributed by atoms with van der Waals surface area (Å²) in [5, 5.41) is 8.79. The highest BCUT2D eigenvalue weighted by Crippen LogP contribution is 2.26. The van der Waals surface area contributed by atoms with E-state index in [0.717, 1.165) is 16.1 Å². The molecule has 0 aliphatic heterocycles. The molecule has 0 bridgehead atoms. The third-order valence-electron chi connectivity index (χ3n) is 2.51. The Kier molecular flexibility index (Phi) is 4.87. The zero-order valence-corrected chi connectivity index (χ0v) is 14.3. The largest absolute Gasteiger partial charge is 0.475 e. The predicted octanol–water partition coefficient (Wildman–Crippen LogP) is 2.98. The number of nitrogens with one attached hydrogen (secondary N) is 1. The van der Waals surface area contributed by atoms with Crippen molar-refractivity contribution in [1.82, 2.24) is 4.72 Å². The smallest absolute Gasteiger partial charge is 0.371 e. The quantitative estimate of drug-likeness (QED) is 0.747.